The van der Waals surface area contributed by atoms with Gasteiger partial charge in [0.25, 0.3) is 0 Å². The van der Waals surface area contributed by atoms with Crippen molar-refractivity contribution in [2.45, 2.75) is 45.8 Å². The van der Waals surface area contributed by atoms with Gasteiger partial charge in [-0.1, -0.05) is 19.0 Å². The van der Waals surface area contributed by atoms with Crippen LogP contribution in [0.4, 0.5) is 0 Å². The Labute approximate surface area is 103 Å². The topological polar surface area (TPSA) is 41.3 Å². The van der Waals surface area contributed by atoms with E-state index < -0.39 is 0 Å². The standard InChI is InChI=1S/C13H23N3O/c1-10(2)8-16(3)9-13-6-12(15-17-13)7-14-11-4-5-11/h6,10-11,14H,4-5,7-9H2,1-3H3. The molecule has 1 aliphatic rings. The molecule has 1 fully saturated rings. The zero-order valence-corrected chi connectivity index (χ0v) is 11.1. The lowest BCUT2D eigenvalue weighted by atomic mass is 10.2. The fourth-order valence-electron chi connectivity index (χ4n) is 2.00. The van der Waals surface area contributed by atoms with Crippen molar-refractivity contribution in [3.05, 3.63) is 17.5 Å². The molecule has 1 heterocycles. The van der Waals surface area contributed by atoms with Crippen LogP contribution in [0.3, 0.4) is 0 Å². The molecule has 96 valence electrons. The molecule has 1 aromatic heterocycles. The van der Waals surface area contributed by atoms with Crippen LogP contribution in [0.2, 0.25) is 0 Å². The first-order valence-corrected chi connectivity index (χ1v) is 6.50. The molecule has 0 unspecified atom stereocenters. The monoisotopic (exact) mass is 237 g/mol. The van der Waals surface area contributed by atoms with E-state index in [2.05, 4.69) is 42.3 Å². The summed E-state index contributed by atoms with van der Waals surface area (Å²) >= 11 is 0. The fourth-order valence-corrected chi connectivity index (χ4v) is 2.00. The van der Waals surface area contributed by atoms with E-state index in [1.165, 1.54) is 12.8 Å². The maximum absolute atomic E-state index is 5.34. The van der Waals surface area contributed by atoms with E-state index in [0.717, 1.165) is 37.1 Å². The first-order valence-electron chi connectivity index (χ1n) is 6.50. The van der Waals surface area contributed by atoms with Crippen molar-refractivity contribution in [2.24, 2.45) is 5.92 Å². The Morgan fingerprint density at radius 3 is 2.94 bits per heavy atom. The average molecular weight is 237 g/mol. The molecule has 4 heteroatoms. The Morgan fingerprint density at radius 2 is 2.29 bits per heavy atom. The second-order valence-corrected chi connectivity index (χ2v) is 5.53. The number of hydrogen-bond donors (Lipinski definition) is 1. The highest BCUT2D eigenvalue weighted by molar-refractivity contribution is 5.05. The minimum Gasteiger partial charge on any atom is -0.360 e. The molecule has 0 radical (unpaired) electrons. The molecule has 0 atom stereocenters. The van der Waals surface area contributed by atoms with Gasteiger partial charge in [-0.15, -0.1) is 0 Å². The maximum Gasteiger partial charge on any atom is 0.151 e. The molecule has 1 aromatic rings. The van der Waals surface area contributed by atoms with Gasteiger partial charge in [0.15, 0.2) is 5.76 Å². The Balaban J connectivity index is 1.76. The van der Waals surface area contributed by atoms with Crippen molar-refractivity contribution in [1.29, 1.82) is 0 Å². The van der Waals surface area contributed by atoms with Crippen molar-refractivity contribution in [1.82, 2.24) is 15.4 Å². The van der Waals surface area contributed by atoms with Gasteiger partial charge in [-0.25, -0.2) is 0 Å². The van der Waals surface area contributed by atoms with Crippen LogP contribution < -0.4 is 5.32 Å². The molecule has 0 aromatic carbocycles. The molecule has 0 amide bonds. The third kappa shape index (κ3) is 4.48. The number of nitrogens with zero attached hydrogens (tertiary/aromatic N) is 2. The van der Waals surface area contributed by atoms with E-state index in [1.54, 1.807) is 0 Å². The Hall–Kier alpha value is -0.870. The summed E-state index contributed by atoms with van der Waals surface area (Å²) in [6.07, 6.45) is 2.61. The summed E-state index contributed by atoms with van der Waals surface area (Å²) in [7, 11) is 2.12. The smallest absolute Gasteiger partial charge is 0.151 e. The molecule has 1 aliphatic carbocycles. The summed E-state index contributed by atoms with van der Waals surface area (Å²) in [5, 5.41) is 7.52. The second-order valence-electron chi connectivity index (χ2n) is 5.53. The fraction of sp³-hybridized carbons (Fsp3) is 0.769. The summed E-state index contributed by atoms with van der Waals surface area (Å²) in [6.45, 7) is 7.21. The normalized spacial score (nSPS) is 16.1. The van der Waals surface area contributed by atoms with Crippen LogP contribution in [-0.2, 0) is 13.1 Å². The van der Waals surface area contributed by atoms with Gasteiger partial charge in [0.05, 0.1) is 12.2 Å². The van der Waals surface area contributed by atoms with Gasteiger partial charge >= 0.3 is 0 Å². The van der Waals surface area contributed by atoms with E-state index in [-0.39, 0.29) is 0 Å². The molecular formula is C13H23N3O. The van der Waals surface area contributed by atoms with Gasteiger partial charge in [-0.3, -0.25) is 4.90 Å². The van der Waals surface area contributed by atoms with Crippen LogP contribution >= 0.6 is 0 Å². The average Bonchev–Trinajstić information content (AvgIpc) is 2.96. The van der Waals surface area contributed by atoms with Crippen LogP contribution in [0.1, 0.15) is 38.1 Å². The van der Waals surface area contributed by atoms with Crippen LogP contribution in [0, 0.1) is 5.92 Å². The maximum atomic E-state index is 5.34. The Bertz CT molecular complexity index is 344. The third-order valence-electron chi connectivity index (χ3n) is 2.86. The second kappa shape index (κ2) is 5.65. The SMILES string of the molecule is CC(C)CN(C)Cc1cc(CNC2CC2)no1. The van der Waals surface area contributed by atoms with Gasteiger partial charge in [0, 0.05) is 25.2 Å². The first-order chi connectivity index (χ1) is 8.13. The summed E-state index contributed by atoms with van der Waals surface area (Å²) in [4.78, 5) is 2.27. The van der Waals surface area contributed by atoms with E-state index in [0.29, 0.717) is 5.92 Å². The molecule has 0 spiro atoms. The summed E-state index contributed by atoms with van der Waals surface area (Å²) in [6, 6.07) is 2.78. The number of rotatable bonds is 7. The minimum atomic E-state index is 0.680. The molecule has 4 nitrogen and oxygen atoms in total. The lowest BCUT2D eigenvalue weighted by molar-refractivity contribution is 0.249. The Morgan fingerprint density at radius 1 is 1.53 bits per heavy atom. The number of aromatic nitrogens is 1. The molecule has 0 aliphatic heterocycles. The zero-order chi connectivity index (χ0) is 12.3. The highest BCUT2D eigenvalue weighted by Crippen LogP contribution is 2.19. The van der Waals surface area contributed by atoms with E-state index >= 15 is 0 Å². The zero-order valence-electron chi connectivity index (χ0n) is 11.1. The van der Waals surface area contributed by atoms with E-state index in [4.69, 9.17) is 4.52 Å². The third-order valence-corrected chi connectivity index (χ3v) is 2.86. The summed E-state index contributed by atoms with van der Waals surface area (Å²) in [5.74, 6) is 1.64. The van der Waals surface area contributed by atoms with Crippen LogP contribution in [-0.4, -0.2) is 29.7 Å². The van der Waals surface area contributed by atoms with Gasteiger partial charge in [0.1, 0.15) is 0 Å². The Kier molecular flexibility index (Phi) is 4.18. The van der Waals surface area contributed by atoms with E-state index in [9.17, 15) is 0 Å². The van der Waals surface area contributed by atoms with Crippen molar-refractivity contribution >= 4 is 0 Å². The summed E-state index contributed by atoms with van der Waals surface area (Å²) in [5.41, 5.74) is 1.02. The predicted molar refractivity (Wildman–Crippen MR) is 67.5 cm³/mol. The predicted octanol–water partition coefficient (Wildman–Crippen LogP) is 2.01. The molecule has 1 N–H and O–H groups in total. The van der Waals surface area contributed by atoms with Crippen molar-refractivity contribution < 1.29 is 4.52 Å². The van der Waals surface area contributed by atoms with Crippen LogP contribution in [0.5, 0.6) is 0 Å². The first kappa shape index (κ1) is 12.6. The van der Waals surface area contributed by atoms with Crippen LogP contribution in [0.25, 0.3) is 0 Å². The van der Waals surface area contributed by atoms with Gasteiger partial charge < -0.3 is 9.84 Å². The van der Waals surface area contributed by atoms with Crippen molar-refractivity contribution in [3.8, 4) is 0 Å². The van der Waals surface area contributed by atoms with E-state index in [1.807, 2.05) is 0 Å². The lowest BCUT2D eigenvalue weighted by Gasteiger charge is -2.16. The molecule has 0 bridgehead atoms. The van der Waals surface area contributed by atoms with Gasteiger partial charge in [-0.2, -0.15) is 0 Å². The molecule has 1 saturated carbocycles. The minimum absolute atomic E-state index is 0.680. The largest absolute Gasteiger partial charge is 0.360 e. The van der Waals surface area contributed by atoms with Crippen molar-refractivity contribution in [2.75, 3.05) is 13.6 Å². The van der Waals surface area contributed by atoms with Gasteiger partial charge in [-0.05, 0) is 25.8 Å². The molecule has 0 saturated heterocycles. The number of hydrogen-bond acceptors (Lipinski definition) is 4. The lowest BCUT2D eigenvalue weighted by Crippen LogP contribution is -2.22. The quantitative estimate of drug-likeness (QED) is 0.787. The summed E-state index contributed by atoms with van der Waals surface area (Å²) < 4.78 is 5.34. The van der Waals surface area contributed by atoms with Gasteiger partial charge in [0.2, 0.25) is 0 Å². The number of nitrogens with one attached hydrogen (secondary N) is 1. The molecule has 2 rings (SSSR count). The highest BCUT2D eigenvalue weighted by Gasteiger charge is 2.20. The highest BCUT2D eigenvalue weighted by atomic mass is 16.5. The van der Waals surface area contributed by atoms with Crippen molar-refractivity contribution in [3.63, 3.8) is 0 Å². The molecule has 17 heavy (non-hydrogen) atoms. The van der Waals surface area contributed by atoms with Crippen LogP contribution in [0.15, 0.2) is 10.6 Å². The molecular weight excluding hydrogens is 214 g/mol.